The van der Waals surface area contributed by atoms with Crippen molar-refractivity contribution < 1.29 is 42.8 Å². The zero-order chi connectivity index (χ0) is 35.0. The number of hydrogen-bond acceptors (Lipinski definition) is 13. The summed E-state index contributed by atoms with van der Waals surface area (Å²) < 4.78 is 29.4. The number of nitrogens with zero attached hydrogens (tertiary/aromatic N) is 3. The lowest BCUT2D eigenvalue weighted by atomic mass is 10.0. The Labute approximate surface area is 284 Å². The maximum absolute atomic E-state index is 13.4. The second kappa shape index (κ2) is 15.0. The van der Waals surface area contributed by atoms with E-state index in [2.05, 4.69) is 10.1 Å². The topological polar surface area (TPSA) is 196 Å². The van der Waals surface area contributed by atoms with Crippen LogP contribution in [0.3, 0.4) is 0 Å². The molecule has 0 amide bonds. The minimum atomic E-state index is -1.35. The molecule has 1 aromatic heterocycles. The van der Waals surface area contributed by atoms with Gasteiger partial charge in [0.1, 0.15) is 12.7 Å². The van der Waals surface area contributed by atoms with E-state index < -0.39 is 53.9 Å². The van der Waals surface area contributed by atoms with Gasteiger partial charge in [-0.3, -0.25) is 15.1 Å². The SMILES string of the molecule is Nc1ccc([N+](=O)[O-])cc1N=Cc1cnoc1[C@@H]1O[C@H](COC(=O)c2ccccc2)[C@@H](OC(=O)c2ccccc2)[C@H]1OC(=O)c1ccccc1. The van der Waals surface area contributed by atoms with Crippen LogP contribution in [-0.4, -0.2) is 59.1 Å². The van der Waals surface area contributed by atoms with Gasteiger partial charge in [-0.25, -0.2) is 14.4 Å². The van der Waals surface area contributed by atoms with Gasteiger partial charge in [0, 0.05) is 18.3 Å². The van der Waals surface area contributed by atoms with Crippen molar-refractivity contribution in [3.63, 3.8) is 0 Å². The molecule has 1 aliphatic rings. The summed E-state index contributed by atoms with van der Waals surface area (Å²) in [5.74, 6) is -2.15. The number of nitro groups is 1. The number of carbonyl (C=O) groups excluding carboxylic acids is 3. The van der Waals surface area contributed by atoms with Crippen molar-refractivity contribution in [2.45, 2.75) is 24.4 Å². The molecule has 2 heterocycles. The Balaban J connectivity index is 1.36. The number of aromatic nitrogens is 1. The second-order valence-electron chi connectivity index (χ2n) is 10.9. The monoisotopic (exact) mass is 676 g/mol. The van der Waals surface area contributed by atoms with Crippen molar-refractivity contribution in [3.8, 4) is 0 Å². The molecule has 14 heteroatoms. The van der Waals surface area contributed by atoms with E-state index in [1.807, 2.05) is 0 Å². The molecule has 0 aliphatic carbocycles. The van der Waals surface area contributed by atoms with E-state index >= 15 is 0 Å². The molecular weight excluding hydrogens is 648 g/mol. The summed E-state index contributed by atoms with van der Waals surface area (Å²) in [6, 6.07) is 28.3. The number of benzene rings is 4. The number of carbonyl (C=O) groups is 3. The lowest BCUT2D eigenvalue weighted by Gasteiger charge is -2.24. The maximum atomic E-state index is 13.4. The summed E-state index contributed by atoms with van der Waals surface area (Å²) in [5, 5.41) is 15.2. The van der Waals surface area contributed by atoms with Crippen LogP contribution in [0.25, 0.3) is 0 Å². The van der Waals surface area contributed by atoms with Crippen LogP contribution in [0.15, 0.2) is 125 Å². The fourth-order valence-corrected chi connectivity index (χ4v) is 5.16. The number of hydrogen-bond donors (Lipinski definition) is 1. The number of anilines is 1. The van der Waals surface area contributed by atoms with E-state index in [9.17, 15) is 24.5 Å². The summed E-state index contributed by atoms with van der Waals surface area (Å²) >= 11 is 0. The van der Waals surface area contributed by atoms with Crippen molar-refractivity contribution in [3.05, 3.63) is 154 Å². The summed E-state index contributed by atoms with van der Waals surface area (Å²) in [6.45, 7) is -0.405. The fourth-order valence-electron chi connectivity index (χ4n) is 5.16. The van der Waals surface area contributed by atoms with Gasteiger partial charge in [-0.1, -0.05) is 59.8 Å². The molecule has 0 saturated carbocycles. The second-order valence-corrected chi connectivity index (χ2v) is 10.9. The fraction of sp³-hybridized carbons (Fsp3) is 0.139. The van der Waals surface area contributed by atoms with Crippen molar-refractivity contribution in [1.82, 2.24) is 5.16 Å². The van der Waals surface area contributed by atoms with Crippen molar-refractivity contribution >= 4 is 41.2 Å². The van der Waals surface area contributed by atoms with E-state index in [0.29, 0.717) is 0 Å². The van der Waals surface area contributed by atoms with E-state index in [0.717, 1.165) is 0 Å². The van der Waals surface area contributed by atoms with Crippen LogP contribution < -0.4 is 5.73 Å². The van der Waals surface area contributed by atoms with Gasteiger partial charge < -0.3 is 29.2 Å². The van der Waals surface area contributed by atoms with Gasteiger partial charge in [0.05, 0.1) is 44.7 Å². The average molecular weight is 677 g/mol. The Morgan fingerprint density at radius 2 is 1.38 bits per heavy atom. The third kappa shape index (κ3) is 7.55. The Bertz CT molecular complexity index is 2020. The minimum Gasteiger partial charge on any atom is -0.459 e. The molecule has 0 spiro atoms. The highest BCUT2D eigenvalue weighted by molar-refractivity contribution is 5.91. The van der Waals surface area contributed by atoms with Crippen LogP contribution >= 0.6 is 0 Å². The first-order chi connectivity index (χ1) is 24.3. The van der Waals surface area contributed by atoms with E-state index in [-0.39, 0.29) is 45.1 Å². The van der Waals surface area contributed by atoms with Gasteiger partial charge in [0.2, 0.25) is 0 Å². The number of nitro benzene ring substituents is 1. The summed E-state index contributed by atoms with van der Waals surface area (Å²) in [4.78, 5) is 54.8. The number of ether oxygens (including phenoxy) is 4. The molecule has 2 N–H and O–H groups in total. The lowest BCUT2D eigenvalue weighted by Crippen LogP contribution is -2.40. The quantitative estimate of drug-likeness (QED) is 0.0451. The zero-order valence-corrected chi connectivity index (χ0v) is 26.1. The third-order valence-corrected chi connectivity index (χ3v) is 7.66. The molecule has 0 radical (unpaired) electrons. The molecule has 0 bridgehead atoms. The third-order valence-electron chi connectivity index (χ3n) is 7.66. The molecule has 6 rings (SSSR count). The summed E-state index contributed by atoms with van der Waals surface area (Å²) in [7, 11) is 0. The first-order valence-electron chi connectivity index (χ1n) is 15.2. The van der Waals surface area contributed by atoms with Crippen LogP contribution in [-0.2, 0) is 18.9 Å². The van der Waals surface area contributed by atoms with Crippen LogP contribution in [0.2, 0.25) is 0 Å². The Morgan fingerprint density at radius 1 is 0.820 bits per heavy atom. The number of nitrogens with two attached hydrogens (primary N) is 1. The molecule has 252 valence electrons. The highest BCUT2D eigenvalue weighted by atomic mass is 16.7. The number of aliphatic imine (C=N–C) groups is 1. The summed E-state index contributed by atoms with van der Waals surface area (Å²) in [5.41, 5.74) is 6.99. The van der Waals surface area contributed by atoms with Crippen molar-refractivity contribution in [1.29, 1.82) is 0 Å². The van der Waals surface area contributed by atoms with Gasteiger partial charge in [-0.15, -0.1) is 0 Å². The predicted molar refractivity (Wildman–Crippen MR) is 177 cm³/mol. The Kier molecular flexibility index (Phi) is 10.0. The number of rotatable bonds is 11. The van der Waals surface area contributed by atoms with E-state index in [1.165, 1.54) is 30.6 Å². The molecule has 0 unspecified atom stereocenters. The van der Waals surface area contributed by atoms with Gasteiger partial charge >= 0.3 is 17.9 Å². The zero-order valence-electron chi connectivity index (χ0n) is 26.1. The minimum absolute atomic E-state index is 0.0151. The van der Waals surface area contributed by atoms with Crippen LogP contribution in [0.4, 0.5) is 17.1 Å². The van der Waals surface area contributed by atoms with Gasteiger partial charge in [0.25, 0.3) is 5.69 Å². The van der Waals surface area contributed by atoms with Crippen molar-refractivity contribution in [2.24, 2.45) is 4.99 Å². The standard InChI is InChI=1S/C36H28N4O10/c37-27-17-16-26(40(44)45)18-28(27)38-19-25-20-39-50-30(25)32-33(49-36(43)24-14-8-3-9-15-24)31(48-35(42)23-12-6-2-7-13-23)29(47-32)21-46-34(41)22-10-4-1-5-11-22/h1-20,29,31-33H,21,37H2/t29-,31-,32+,33-/m1/s1. The van der Waals surface area contributed by atoms with Gasteiger partial charge in [0.15, 0.2) is 24.1 Å². The molecular formula is C36H28N4O10. The molecule has 1 aliphatic heterocycles. The molecule has 5 aromatic rings. The Hall–Kier alpha value is -6.67. The predicted octanol–water partition coefficient (Wildman–Crippen LogP) is 5.66. The molecule has 4 atom stereocenters. The number of non-ortho nitro benzene ring substituents is 1. The average Bonchev–Trinajstić information content (AvgIpc) is 3.75. The van der Waals surface area contributed by atoms with Gasteiger partial charge in [-0.2, -0.15) is 0 Å². The van der Waals surface area contributed by atoms with Crippen LogP contribution in [0.1, 0.15) is 48.5 Å². The smallest absolute Gasteiger partial charge is 0.338 e. The molecule has 1 saturated heterocycles. The summed E-state index contributed by atoms with van der Waals surface area (Å²) in [6.07, 6.45) is -2.47. The number of nitrogen functional groups attached to an aromatic ring is 1. The number of esters is 3. The van der Waals surface area contributed by atoms with Crippen LogP contribution in [0.5, 0.6) is 0 Å². The first-order valence-corrected chi connectivity index (χ1v) is 15.2. The van der Waals surface area contributed by atoms with Crippen molar-refractivity contribution in [2.75, 3.05) is 12.3 Å². The molecule has 4 aromatic carbocycles. The largest absolute Gasteiger partial charge is 0.459 e. The normalized spacial score (nSPS) is 18.4. The van der Waals surface area contributed by atoms with E-state index in [1.54, 1.807) is 91.0 Å². The highest BCUT2D eigenvalue weighted by Gasteiger charge is 2.53. The Morgan fingerprint density at radius 3 is 1.96 bits per heavy atom. The van der Waals surface area contributed by atoms with Gasteiger partial charge in [-0.05, 0) is 42.5 Å². The van der Waals surface area contributed by atoms with Crippen LogP contribution in [0, 0.1) is 10.1 Å². The first kappa shape index (κ1) is 33.2. The highest BCUT2D eigenvalue weighted by Crippen LogP contribution is 2.40. The lowest BCUT2D eigenvalue weighted by molar-refractivity contribution is -0.384. The maximum Gasteiger partial charge on any atom is 0.338 e. The van der Waals surface area contributed by atoms with E-state index in [4.69, 9.17) is 29.2 Å². The molecule has 1 fully saturated rings. The molecule has 14 nitrogen and oxygen atoms in total. The molecule has 50 heavy (non-hydrogen) atoms.